The quantitative estimate of drug-likeness (QED) is 0.293. The van der Waals surface area contributed by atoms with Crippen LogP contribution in [0.4, 0.5) is 16.2 Å². The van der Waals surface area contributed by atoms with Crippen LogP contribution >= 0.6 is 23.2 Å². The molecule has 1 saturated heterocycles. The second kappa shape index (κ2) is 11.0. The third-order valence-electron chi connectivity index (χ3n) is 7.56. The van der Waals surface area contributed by atoms with E-state index in [0.717, 1.165) is 39.5 Å². The number of hydrogen-bond acceptors (Lipinski definition) is 5. The largest absolute Gasteiger partial charge is 0.399 e. The van der Waals surface area contributed by atoms with Crippen LogP contribution in [0.3, 0.4) is 0 Å². The number of benzene rings is 2. The summed E-state index contributed by atoms with van der Waals surface area (Å²) < 4.78 is 2.11. The van der Waals surface area contributed by atoms with Crippen molar-refractivity contribution < 1.29 is 4.79 Å². The number of nitrogen functional groups attached to an aromatic ring is 1. The number of fused-ring (bicyclic) bond motifs is 2. The van der Waals surface area contributed by atoms with Crippen LogP contribution in [0.5, 0.6) is 0 Å². The number of nitrogens with one attached hydrogen (secondary N) is 1. The molecule has 0 spiro atoms. The molecule has 3 N–H and O–H groups in total. The number of amides is 2. The zero-order valence-corrected chi connectivity index (χ0v) is 23.5. The number of halogens is 2. The van der Waals surface area contributed by atoms with E-state index in [1.165, 1.54) is 0 Å². The Balaban J connectivity index is 1.31. The van der Waals surface area contributed by atoms with Crippen LogP contribution in [-0.2, 0) is 6.54 Å². The number of nitrogens with two attached hydrogens (primary N) is 1. The zero-order chi connectivity index (χ0) is 27.8. The van der Waals surface area contributed by atoms with Gasteiger partial charge in [0, 0.05) is 73.3 Å². The van der Waals surface area contributed by atoms with E-state index < -0.39 is 0 Å². The summed E-state index contributed by atoms with van der Waals surface area (Å²) in [6, 6.07) is 14.9. The van der Waals surface area contributed by atoms with Crippen LogP contribution in [0.1, 0.15) is 34.3 Å². The number of piperazine rings is 1. The Bertz CT molecular complexity index is 1590. The molecule has 0 bridgehead atoms. The predicted molar refractivity (Wildman–Crippen MR) is 160 cm³/mol. The second-order valence-corrected chi connectivity index (χ2v) is 11.0. The lowest BCUT2D eigenvalue weighted by atomic mass is 9.95. The van der Waals surface area contributed by atoms with Gasteiger partial charge in [-0.05, 0) is 72.2 Å². The molecule has 8 nitrogen and oxygen atoms in total. The molecule has 1 aliphatic carbocycles. The first-order valence-electron chi connectivity index (χ1n) is 13.1. The predicted octanol–water partition coefficient (Wildman–Crippen LogP) is 5.97. The first kappa shape index (κ1) is 26.4. The number of aryl methyl sites for hydroxylation is 1. The maximum Gasteiger partial charge on any atom is 0.321 e. The highest BCUT2D eigenvalue weighted by molar-refractivity contribution is 6.31. The van der Waals surface area contributed by atoms with E-state index in [1.54, 1.807) is 36.7 Å². The molecule has 1 atom stereocenters. The molecule has 0 saturated carbocycles. The van der Waals surface area contributed by atoms with E-state index in [2.05, 4.69) is 31.9 Å². The van der Waals surface area contributed by atoms with Gasteiger partial charge in [0.15, 0.2) is 0 Å². The molecule has 40 heavy (non-hydrogen) atoms. The first-order valence-corrected chi connectivity index (χ1v) is 13.9. The number of anilines is 2. The molecule has 1 unspecified atom stereocenters. The number of carbonyl (C=O) groups excluding carboxylic acids is 1. The Labute approximate surface area is 243 Å². The lowest BCUT2D eigenvalue weighted by Crippen LogP contribution is -2.51. The monoisotopic (exact) mass is 573 g/mol. The van der Waals surface area contributed by atoms with E-state index in [9.17, 15) is 4.79 Å². The molecule has 4 aromatic rings. The lowest BCUT2D eigenvalue weighted by Gasteiger charge is -2.39. The van der Waals surface area contributed by atoms with E-state index in [1.807, 2.05) is 36.2 Å². The van der Waals surface area contributed by atoms with E-state index in [-0.39, 0.29) is 12.1 Å². The average Bonchev–Trinajstić information content (AvgIpc) is 3.30. The molecular weight excluding hydrogens is 545 g/mol. The van der Waals surface area contributed by atoms with Gasteiger partial charge in [-0.2, -0.15) is 0 Å². The Morgan fingerprint density at radius 1 is 1.02 bits per heavy atom. The number of urea groups is 1. The fourth-order valence-corrected chi connectivity index (χ4v) is 5.80. The fraction of sp³-hybridized carbons (Fsp3) is 0.233. The minimum atomic E-state index is -0.125. The number of nitrogens with zero attached hydrogens (tertiary/aromatic N) is 5. The molecular formula is C30H29Cl2N7O. The van der Waals surface area contributed by atoms with Crippen LogP contribution in [0.25, 0.3) is 11.6 Å². The number of aromatic nitrogens is 3. The molecule has 10 heteroatoms. The molecule has 2 amide bonds. The van der Waals surface area contributed by atoms with Crippen molar-refractivity contribution in [3.05, 3.63) is 105 Å². The van der Waals surface area contributed by atoms with Crippen LogP contribution in [-0.4, -0.2) is 56.5 Å². The summed E-state index contributed by atoms with van der Waals surface area (Å²) >= 11 is 13.0. The summed E-state index contributed by atoms with van der Waals surface area (Å²) in [7, 11) is 0. The van der Waals surface area contributed by atoms with Crippen LogP contribution in [0, 0.1) is 6.92 Å². The van der Waals surface area contributed by atoms with Crippen molar-refractivity contribution in [1.82, 2.24) is 24.3 Å². The van der Waals surface area contributed by atoms with Crippen molar-refractivity contribution in [2.75, 3.05) is 37.2 Å². The highest BCUT2D eigenvalue weighted by atomic mass is 35.5. The molecule has 1 aliphatic heterocycles. The summed E-state index contributed by atoms with van der Waals surface area (Å²) in [5.74, 6) is 0.929. The third kappa shape index (κ3) is 5.30. The Kier molecular flexibility index (Phi) is 7.23. The molecule has 2 aromatic carbocycles. The highest BCUT2D eigenvalue weighted by Crippen LogP contribution is 2.41. The van der Waals surface area contributed by atoms with Crippen LogP contribution in [0.15, 0.2) is 67.1 Å². The lowest BCUT2D eigenvalue weighted by molar-refractivity contribution is 0.125. The minimum absolute atomic E-state index is 0.123. The third-order valence-corrected chi connectivity index (χ3v) is 8.00. The van der Waals surface area contributed by atoms with Crippen LogP contribution in [0.2, 0.25) is 10.0 Å². The topological polar surface area (TPSA) is 92.3 Å². The van der Waals surface area contributed by atoms with Gasteiger partial charge in [-0.1, -0.05) is 29.3 Å². The summed E-state index contributed by atoms with van der Waals surface area (Å²) in [6.07, 6.45) is 7.68. The van der Waals surface area contributed by atoms with Gasteiger partial charge in [-0.25, -0.2) is 9.78 Å². The first-order chi connectivity index (χ1) is 19.4. The number of pyridine rings is 1. The van der Waals surface area contributed by atoms with Gasteiger partial charge in [0.2, 0.25) is 0 Å². The van der Waals surface area contributed by atoms with Gasteiger partial charge >= 0.3 is 6.03 Å². The van der Waals surface area contributed by atoms with Crippen molar-refractivity contribution in [1.29, 1.82) is 0 Å². The second-order valence-electron chi connectivity index (χ2n) is 10.1. The zero-order valence-electron chi connectivity index (χ0n) is 22.0. The Hall–Kier alpha value is -3.85. The molecule has 2 aliphatic rings. The molecule has 204 valence electrons. The smallest absolute Gasteiger partial charge is 0.321 e. The standard InChI is InChI=1S/C30H29Cl2N7O/c1-19-34-8-9-39(19)18-21-14-20-15-22(31)2-7-26(20)29(28-27(21)16-23(32)17-35-28)37-10-12-38(13-11-37)30(40)36-25-5-3-24(33)4-6-25/h2-9,14-17,29H,10-13,18,33H2,1H3,(H,36,40). The molecule has 1 fully saturated rings. The average molecular weight is 575 g/mol. The number of carbonyl (C=O) groups is 1. The Morgan fingerprint density at radius 2 is 1.80 bits per heavy atom. The van der Waals surface area contributed by atoms with Gasteiger partial charge in [-0.3, -0.25) is 9.88 Å². The van der Waals surface area contributed by atoms with E-state index in [4.69, 9.17) is 33.9 Å². The van der Waals surface area contributed by atoms with Gasteiger partial charge in [0.1, 0.15) is 5.82 Å². The van der Waals surface area contributed by atoms with Gasteiger partial charge < -0.3 is 20.5 Å². The summed E-state index contributed by atoms with van der Waals surface area (Å²) in [4.78, 5) is 26.5. The van der Waals surface area contributed by atoms with Crippen molar-refractivity contribution in [3.8, 4) is 0 Å². The summed E-state index contributed by atoms with van der Waals surface area (Å²) in [5, 5.41) is 4.23. The Morgan fingerprint density at radius 3 is 2.52 bits per heavy atom. The molecule has 2 aromatic heterocycles. The maximum atomic E-state index is 13.0. The summed E-state index contributed by atoms with van der Waals surface area (Å²) in [6.45, 7) is 5.14. The van der Waals surface area contributed by atoms with Gasteiger partial charge in [0.25, 0.3) is 0 Å². The maximum absolute atomic E-state index is 13.0. The number of hydrogen-bond donors (Lipinski definition) is 2. The van der Waals surface area contributed by atoms with E-state index in [0.29, 0.717) is 48.5 Å². The molecule has 3 heterocycles. The van der Waals surface area contributed by atoms with Crippen molar-refractivity contribution >= 4 is 52.3 Å². The minimum Gasteiger partial charge on any atom is -0.399 e. The molecule has 0 radical (unpaired) electrons. The number of rotatable bonds is 4. The van der Waals surface area contributed by atoms with Crippen molar-refractivity contribution in [2.24, 2.45) is 0 Å². The number of imidazole rings is 1. The van der Waals surface area contributed by atoms with Gasteiger partial charge in [0.05, 0.1) is 16.8 Å². The fourth-order valence-electron chi connectivity index (χ4n) is 5.46. The van der Waals surface area contributed by atoms with E-state index >= 15 is 0 Å². The van der Waals surface area contributed by atoms with Gasteiger partial charge in [-0.15, -0.1) is 0 Å². The van der Waals surface area contributed by atoms with Crippen molar-refractivity contribution in [2.45, 2.75) is 19.5 Å². The van der Waals surface area contributed by atoms with Crippen molar-refractivity contribution in [3.63, 3.8) is 0 Å². The normalized spacial score (nSPS) is 17.0. The molecule has 6 rings (SSSR count). The summed E-state index contributed by atoms with van der Waals surface area (Å²) in [5.41, 5.74) is 12.3. The highest BCUT2D eigenvalue weighted by Gasteiger charge is 2.34. The number of allylic oxidation sites excluding steroid dienone is 1. The van der Waals surface area contributed by atoms with Crippen LogP contribution < -0.4 is 11.1 Å². The SMILES string of the molecule is Cc1nccn1CC1=Cc2cc(Cl)ccc2C(N2CCN(C(=O)Nc3ccc(N)cc3)CC2)c2ncc(Cl)cc21.